The molecule has 5 heteroatoms. The number of rotatable bonds is 4. The average molecular weight is 365 g/mol. The Morgan fingerprint density at radius 3 is 2.86 bits per heavy atom. The molecule has 0 saturated heterocycles. The monoisotopic (exact) mass is 364 g/mol. The van der Waals surface area contributed by atoms with Crippen LogP contribution in [0.4, 0.5) is 0 Å². The summed E-state index contributed by atoms with van der Waals surface area (Å²) in [6, 6.07) is 12.3. The van der Waals surface area contributed by atoms with Crippen LogP contribution in [0, 0.1) is 0 Å². The Morgan fingerprint density at radius 2 is 2.10 bits per heavy atom. The lowest BCUT2D eigenvalue weighted by atomic mass is 9.95. The van der Waals surface area contributed by atoms with Gasteiger partial charge in [-0.1, -0.05) is 24.3 Å². The predicted octanol–water partition coefficient (Wildman–Crippen LogP) is 2.88. The first kappa shape index (κ1) is 14.8. The Labute approximate surface area is 136 Å². The van der Waals surface area contributed by atoms with E-state index in [1.54, 1.807) is 11.3 Å². The number of halogens is 1. The van der Waals surface area contributed by atoms with Crippen molar-refractivity contribution in [1.82, 2.24) is 10.6 Å². The Morgan fingerprint density at radius 1 is 1.29 bits per heavy atom. The fourth-order valence-corrected chi connectivity index (χ4v) is 4.04. The fourth-order valence-electron chi connectivity index (χ4n) is 2.56. The van der Waals surface area contributed by atoms with E-state index in [0.717, 1.165) is 23.2 Å². The molecule has 110 valence electrons. The lowest BCUT2D eigenvalue weighted by Gasteiger charge is -2.25. The van der Waals surface area contributed by atoms with Crippen molar-refractivity contribution in [3.63, 3.8) is 0 Å². The van der Waals surface area contributed by atoms with E-state index in [0.29, 0.717) is 6.54 Å². The molecule has 3 rings (SSSR count). The SMILES string of the molecule is O=C(NCCc1ccc(Br)s1)C1Cc2ccccc2CN1. The molecule has 21 heavy (non-hydrogen) atoms. The molecule has 0 radical (unpaired) electrons. The van der Waals surface area contributed by atoms with E-state index in [4.69, 9.17) is 0 Å². The second-order valence-electron chi connectivity index (χ2n) is 5.15. The molecule has 2 N–H and O–H groups in total. The first-order valence-electron chi connectivity index (χ1n) is 7.04. The summed E-state index contributed by atoms with van der Waals surface area (Å²) in [5.41, 5.74) is 2.57. The molecule has 1 aliphatic rings. The van der Waals surface area contributed by atoms with E-state index in [-0.39, 0.29) is 11.9 Å². The number of amides is 1. The highest BCUT2D eigenvalue weighted by Crippen LogP contribution is 2.22. The normalized spacial score (nSPS) is 17.3. The van der Waals surface area contributed by atoms with E-state index < -0.39 is 0 Å². The Bertz CT molecular complexity index is 641. The summed E-state index contributed by atoms with van der Waals surface area (Å²) < 4.78 is 1.13. The van der Waals surface area contributed by atoms with Gasteiger partial charge in [0.2, 0.25) is 5.91 Å². The summed E-state index contributed by atoms with van der Waals surface area (Å²) in [6.07, 6.45) is 1.65. The van der Waals surface area contributed by atoms with Gasteiger partial charge < -0.3 is 10.6 Å². The summed E-state index contributed by atoms with van der Waals surface area (Å²) in [4.78, 5) is 13.5. The van der Waals surface area contributed by atoms with Gasteiger partial charge in [-0.05, 0) is 52.0 Å². The molecule has 0 aliphatic carbocycles. The molecule has 1 unspecified atom stereocenters. The lowest BCUT2D eigenvalue weighted by Crippen LogP contribution is -2.48. The van der Waals surface area contributed by atoms with Crippen LogP contribution in [0.5, 0.6) is 0 Å². The van der Waals surface area contributed by atoms with Crippen molar-refractivity contribution in [2.45, 2.75) is 25.4 Å². The van der Waals surface area contributed by atoms with Gasteiger partial charge in [0.25, 0.3) is 0 Å². The number of carbonyl (C=O) groups excluding carboxylic acids is 1. The number of fused-ring (bicyclic) bond motifs is 1. The lowest BCUT2D eigenvalue weighted by molar-refractivity contribution is -0.123. The van der Waals surface area contributed by atoms with Crippen LogP contribution in [0.2, 0.25) is 0 Å². The number of carbonyl (C=O) groups is 1. The highest BCUT2D eigenvalue weighted by Gasteiger charge is 2.23. The van der Waals surface area contributed by atoms with Crippen LogP contribution in [0.25, 0.3) is 0 Å². The first-order chi connectivity index (χ1) is 10.2. The summed E-state index contributed by atoms with van der Waals surface area (Å²) in [5.74, 6) is 0.0973. The quantitative estimate of drug-likeness (QED) is 0.875. The Balaban J connectivity index is 1.50. The molecule has 0 spiro atoms. The number of hydrogen-bond donors (Lipinski definition) is 2. The van der Waals surface area contributed by atoms with E-state index in [1.165, 1.54) is 16.0 Å². The van der Waals surface area contributed by atoms with Crippen molar-refractivity contribution < 1.29 is 4.79 Å². The van der Waals surface area contributed by atoms with Crippen LogP contribution in [-0.2, 0) is 24.2 Å². The van der Waals surface area contributed by atoms with Crippen molar-refractivity contribution >= 4 is 33.2 Å². The molecule has 1 aliphatic heterocycles. The summed E-state index contributed by atoms with van der Waals surface area (Å²) in [7, 11) is 0. The van der Waals surface area contributed by atoms with E-state index in [2.05, 4.69) is 44.8 Å². The summed E-state index contributed by atoms with van der Waals surface area (Å²) >= 11 is 5.17. The molecule has 1 aromatic heterocycles. The standard InChI is InChI=1S/C16H17BrN2OS/c17-15-6-5-13(21-15)7-8-18-16(20)14-9-11-3-1-2-4-12(11)10-19-14/h1-6,14,19H,7-10H2,(H,18,20). The molecule has 2 heterocycles. The molecular weight excluding hydrogens is 348 g/mol. The van der Waals surface area contributed by atoms with Crippen LogP contribution in [0.3, 0.4) is 0 Å². The van der Waals surface area contributed by atoms with Gasteiger partial charge in [-0.15, -0.1) is 11.3 Å². The van der Waals surface area contributed by atoms with Crippen molar-refractivity contribution in [2.24, 2.45) is 0 Å². The summed E-state index contributed by atoms with van der Waals surface area (Å²) in [5, 5.41) is 6.34. The van der Waals surface area contributed by atoms with Gasteiger partial charge in [-0.3, -0.25) is 4.79 Å². The highest BCUT2D eigenvalue weighted by atomic mass is 79.9. The van der Waals surface area contributed by atoms with Crippen LogP contribution in [-0.4, -0.2) is 18.5 Å². The van der Waals surface area contributed by atoms with Gasteiger partial charge in [0, 0.05) is 18.0 Å². The molecule has 2 aromatic rings. The van der Waals surface area contributed by atoms with Crippen molar-refractivity contribution in [1.29, 1.82) is 0 Å². The zero-order valence-electron chi connectivity index (χ0n) is 11.6. The second-order valence-corrected chi connectivity index (χ2v) is 7.70. The second kappa shape index (κ2) is 6.73. The molecule has 0 saturated carbocycles. The minimum Gasteiger partial charge on any atom is -0.354 e. The number of benzene rings is 1. The zero-order valence-corrected chi connectivity index (χ0v) is 14.0. The summed E-state index contributed by atoms with van der Waals surface area (Å²) in [6.45, 7) is 1.46. The average Bonchev–Trinajstić information content (AvgIpc) is 2.92. The highest BCUT2D eigenvalue weighted by molar-refractivity contribution is 9.11. The number of nitrogens with one attached hydrogen (secondary N) is 2. The van der Waals surface area contributed by atoms with Crippen LogP contribution >= 0.6 is 27.3 Å². The van der Waals surface area contributed by atoms with Gasteiger partial charge in [-0.25, -0.2) is 0 Å². The van der Waals surface area contributed by atoms with E-state index >= 15 is 0 Å². The third kappa shape index (κ3) is 3.73. The predicted molar refractivity (Wildman–Crippen MR) is 89.5 cm³/mol. The third-order valence-corrected chi connectivity index (χ3v) is 5.38. The fraction of sp³-hybridized carbons (Fsp3) is 0.312. The zero-order chi connectivity index (χ0) is 14.7. The molecule has 1 aromatic carbocycles. The first-order valence-corrected chi connectivity index (χ1v) is 8.65. The van der Waals surface area contributed by atoms with Gasteiger partial charge >= 0.3 is 0 Å². The van der Waals surface area contributed by atoms with Gasteiger partial charge in [-0.2, -0.15) is 0 Å². The molecular formula is C16H17BrN2OS. The molecule has 3 nitrogen and oxygen atoms in total. The van der Waals surface area contributed by atoms with Crippen LogP contribution < -0.4 is 10.6 Å². The molecule has 1 amide bonds. The Hall–Kier alpha value is -1.17. The molecule has 0 fully saturated rings. The number of thiophene rings is 1. The van der Waals surface area contributed by atoms with E-state index in [1.807, 2.05) is 18.2 Å². The Kier molecular flexibility index (Phi) is 4.73. The van der Waals surface area contributed by atoms with Gasteiger partial charge in [0.05, 0.1) is 9.83 Å². The largest absolute Gasteiger partial charge is 0.354 e. The van der Waals surface area contributed by atoms with E-state index in [9.17, 15) is 4.79 Å². The van der Waals surface area contributed by atoms with Crippen LogP contribution in [0.1, 0.15) is 16.0 Å². The minimum atomic E-state index is -0.116. The minimum absolute atomic E-state index is 0.0973. The third-order valence-electron chi connectivity index (χ3n) is 3.70. The smallest absolute Gasteiger partial charge is 0.237 e. The van der Waals surface area contributed by atoms with Crippen molar-refractivity contribution in [2.75, 3.05) is 6.54 Å². The maximum atomic E-state index is 12.2. The van der Waals surface area contributed by atoms with Crippen molar-refractivity contribution in [3.8, 4) is 0 Å². The van der Waals surface area contributed by atoms with Crippen molar-refractivity contribution in [3.05, 3.63) is 56.2 Å². The topological polar surface area (TPSA) is 41.1 Å². The van der Waals surface area contributed by atoms with Gasteiger partial charge in [0.1, 0.15) is 0 Å². The van der Waals surface area contributed by atoms with Crippen LogP contribution in [0.15, 0.2) is 40.2 Å². The maximum absolute atomic E-state index is 12.2. The van der Waals surface area contributed by atoms with Gasteiger partial charge in [0.15, 0.2) is 0 Å². The number of hydrogen-bond acceptors (Lipinski definition) is 3. The molecule has 0 bridgehead atoms. The molecule has 1 atom stereocenters. The maximum Gasteiger partial charge on any atom is 0.237 e.